The van der Waals surface area contributed by atoms with Gasteiger partial charge < -0.3 is 30.5 Å². The molecule has 5 rings (SSSR count). The maximum atomic E-state index is 13.9. The molecule has 1 aliphatic carbocycles. The van der Waals surface area contributed by atoms with Crippen molar-refractivity contribution in [1.29, 1.82) is 0 Å². The average Bonchev–Trinajstić information content (AvgIpc) is 3.07. The third kappa shape index (κ3) is 7.70. The molecule has 2 saturated heterocycles. The SMILES string of the molecule is CCCCN1C(=O)[C@@H]([C@H](O)C2CCCCC2)NC(=O)C12CCN(Cc1ccc(Oc3ccc(C(=O)NCC(=O)O)cc3)cc1)CC2. The number of hydrogen-bond acceptors (Lipinski definition) is 7. The summed E-state index contributed by atoms with van der Waals surface area (Å²) in [5.74, 6) is -0.603. The van der Waals surface area contributed by atoms with E-state index in [1.54, 1.807) is 24.3 Å². The highest BCUT2D eigenvalue weighted by Crippen LogP contribution is 2.36. The topological polar surface area (TPSA) is 149 Å². The molecule has 0 aromatic heterocycles. The molecular weight excluding hydrogens is 588 g/mol. The highest BCUT2D eigenvalue weighted by molar-refractivity contribution is 6.00. The number of likely N-dealkylation sites (tertiary alicyclic amines) is 1. The number of carboxylic acids is 1. The standard InChI is InChI=1S/C35H46N4O7/c1-2-3-19-39-33(44)30(31(42)25-7-5-4-6-8-25)37-34(45)35(39)17-20-38(21-18-35)23-24-9-13-27(14-10-24)46-28-15-11-26(12-16-28)32(43)36-22-29(40)41/h9-16,25,30-31,42H,2-8,17-23H2,1H3,(H,36,43)(H,37,45)(H,40,41)/t30-,31-/m1/s1. The van der Waals surface area contributed by atoms with E-state index in [4.69, 9.17) is 9.84 Å². The lowest BCUT2D eigenvalue weighted by Gasteiger charge is -2.52. The van der Waals surface area contributed by atoms with Gasteiger partial charge in [-0.05, 0) is 80.0 Å². The average molecular weight is 635 g/mol. The molecule has 3 amide bonds. The number of carbonyl (C=O) groups excluding carboxylic acids is 3. The molecule has 3 fully saturated rings. The lowest BCUT2D eigenvalue weighted by molar-refractivity contribution is -0.166. The van der Waals surface area contributed by atoms with E-state index in [0.717, 1.165) is 50.5 Å². The number of piperidine rings is 1. The van der Waals surface area contributed by atoms with Gasteiger partial charge in [0.15, 0.2) is 0 Å². The molecular formula is C35H46N4O7. The molecule has 3 aliphatic rings. The van der Waals surface area contributed by atoms with Crippen molar-refractivity contribution in [2.24, 2.45) is 5.92 Å². The maximum absolute atomic E-state index is 13.9. The predicted molar refractivity (Wildman–Crippen MR) is 171 cm³/mol. The highest BCUT2D eigenvalue weighted by Gasteiger charge is 2.55. The van der Waals surface area contributed by atoms with Gasteiger partial charge in [0.25, 0.3) is 5.91 Å². The minimum Gasteiger partial charge on any atom is -0.480 e. The number of carbonyl (C=O) groups is 4. The van der Waals surface area contributed by atoms with E-state index < -0.39 is 36.1 Å². The monoisotopic (exact) mass is 634 g/mol. The lowest BCUT2D eigenvalue weighted by Crippen LogP contribution is -2.75. The molecule has 2 aromatic rings. The van der Waals surface area contributed by atoms with Gasteiger partial charge in [-0.2, -0.15) is 0 Å². The summed E-state index contributed by atoms with van der Waals surface area (Å²) in [5, 5.41) is 25.2. The number of unbranched alkanes of at least 4 members (excludes halogenated alkanes) is 1. The van der Waals surface area contributed by atoms with Crippen LogP contribution in [0.25, 0.3) is 0 Å². The Hall–Kier alpha value is -3.96. The van der Waals surface area contributed by atoms with Crippen LogP contribution in [-0.4, -0.2) is 87.6 Å². The zero-order valence-electron chi connectivity index (χ0n) is 26.6. The first-order valence-electron chi connectivity index (χ1n) is 16.6. The summed E-state index contributed by atoms with van der Waals surface area (Å²) in [6.07, 6.45) is 7.04. The van der Waals surface area contributed by atoms with Crippen LogP contribution in [0.15, 0.2) is 48.5 Å². The Morgan fingerprint density at radius 2 is 1.63 bits per heavy atom. The van der Waals surface area contributed by atoms with Gasteiger partial charge in [0.05, 0.1) is 6.10 Å². The largest absolute Gasteiger partial charge is 0.480 e. The van der Waals surface area contributed by atoms with Crippen LogP contribution in [0.2, 0.25) is 0 Å². The van der Waals surface area contributed by atoms with Crippen molar-refractivity contribution in [3.63, 3.8) is 0 Å². The summed E-state index contributed by atoms with van der Waals surface area (Å²) in [4.78, 5) is 54.4. The van der Waals surface area contributed by atoms with E-state index in [-0.39, 0.29) is 17.7 Å². The molecule has 1 saturated carbocycles. The summed E-state index contributed by atoms with van der Waals surface area (Å²) in [5.41, 5.74) is 0.555. The number of nitrogens with one attached hydrogen (secondary N) is 2. The molecule has 11 nitrogen and oxygen atoms in total. The van der Waals surface area contributed by atoms with Gasteiger partial charge in [0.1, 0.15) is 29.6 Å². The van der Waals surface area contributed by atoms with E-state index in [9.17, 15) is 24.3 Å². The van der Waals surface area contributed by atoms with Gasteiger partial charge in [-0.25, -0.2) is 0 Å². The number of piperazine rings is 1. The Kier molecular flexibility index (Phi) is 11.0. The second kappa shape index (κ2) is 15.1. The Morgan fingerprint density at radius 3 is 2.24 bits per heavy atom. The van der Waals surface area contributed by atoms with Crippen molar-refractivity contribution in [1.82, 2.24) is 20.4 Å². The smallest absolute Gasteiger partial charge is 0.322 e. The number of nitrogens with zero attached hydrogens (tertiary/aromatic N) is 2. The number of aliphatic carboxylic acids is 1. The first-order valence-corrected chi connectivity index (χ1v) is 16.6. The van der Waals surface area contributed by atoms with Gasteiger partial charge in [-0.1, -0.05) is 44.7 Å². The van der Waals surface area contributed by atoms with Crippen molar-refractivity contribution < 1.29 is 34.1 Å². The molecule has 1 spiro atoms. The molecule has 2 aliphatic heterocycles. The van der Waals surface area contributed by atoms with Gasteiger partial charge in [0, 0.05) is 31.7 Å². The number of aliphatic hydroxyl groups excluding tert-OH is 1. The van der Waals surface area contributed by atoms with Crippen molar-refractivity contribution in [3.8, 4) is 11.5 Å². The van der Waals surface area contributed by atoms with Crippen molar-refractivity contribution >= 4 is 23.7 Å². The fraction of sp³-hybridized carbons (Fsp3) is 0.543. The van der Waals surface area contributed by atoms with Crippen LogP contribution in [0.4, 0.5) is 0 Å². The third-order valence-corrected chi connectivity index (χ3v) is 9.73. The normalized spacial score (nSPS) is 21.1. The molecule has 248 valence electrons. The fourth-order valence-corrected chi connectivity index (χ4v) is 7.03. The first kappa shape index (κ1) is 33.4. The number of hydrogen-bond donors (Lipinski definition) is 4. The number of ether oxygens (including phenoxy) is 1. The maximum Gasteiger partial charge on any atom is 0.322 e. The molecule has 46 heavy (non-hydrogen) atoms. The minimum atomic E-state index is -1.11. The summed E-state index contributed by atoms with van der Waals surface area (Å²) in [7, 11) is 0. The Morgan fingerprint density at radius 1 is 1.00 bits per heavy atom. The van der Waals surface area contributed by atoms with Crippen LogP contribution >= 0.6 is 0 Å². The van der Waals surface area contributed by atoms with Crippen LogP contribution in [-0.2, 0) is 20.9 Å². The summed E-state index contributed by atoms with van der Waals surface area (Å²) < 4.78 is 5.92. The second-order valence-electron chi connectivity index (χ2n) is 12.8. The lowest BCUT2D eigenvalue weighted by atomic mass is 9.78. The van der Waals surface area contributed by atoms with Gasteiger partial charge in [-0.15, -0.1) is 0 Å². The Balaban J connectivity index is 1.16. The molecule has 11 heteroatoms. The van der Waals surface area contributed by atoms with Crippen molar-refractivity contribution in [2.75, 3.05) is 26.2 Å². The quantitative estimate of drug-likeness (QED) is 0.276. The number of benzene rings is 2. The van der Waals surface area contributed by atoms with Crippen LogP contribution in [0.1, 0.15) is 80.6 Å². The molecule has 2 aromatic carbocycles. The number of aliphatic hydroxyl groups is 1. The highest BCUT2D eigenvalue weighted by atomic mass is 16.5. The van der Waals surface area contributed by atoms with Gasteiger partial charge in [0.2, 0.25) is 11.8 Å². The first-order chi connectivity index (χ1) is 22.2. The zero-order valence-corrected chi connectivity index (χ0v) is 26.6. The Labute approximate surface area is 270 Å². The van der Waals surface area contributed by atoms with E-state index in [1.165, 1.54) is 0 Å². The summed E-state index contributed by atoms with van der Waals surface area (Å²) >= 11 is 0. The molecule has 4 N–H and O–H groups in total. The van der Waals surface area contributed by atoms with Crippen molar-refractivity contribution in [2.45, 2.75) is 88.9 Å². The van der Waals surface area contributed by atoms with Gasteiger partial charge in [-0.3, -0.25) is 24.1 Å². The van der Waals surface area contributed by atoms with E-state index in [2.05, 4.69) is 22.5 Å². The number of rotatable bonds is 12. The van der Waals surface area contributed by atoms with Crippen molar-refractivity contribution in [3.05, 3.63) is 59.7 Å². The zero-order chi connectivity index (χ0) is 32.7. The van der Waals surface area contributed by atoms with Crippen LogP contribution in [0.3, 0.4) is 0 Å². The molecule has 2 atom stereocenters. The molecule has 2 heterocycles. The second-order valence-corrected chi connectivity index (χ2v) is 12.8. The van der Waals surface area contributed by atoms with Crippen LogP contribution in [0, 0.1) is 5.92 Å². The van der Waals surface area contributed by atoms with Crippen LogP contribution in [0.5, 0.6) is 11.5 Å². The number of amides is 3. The number of carboxylic acid groups (broad SMARTS) is 1. The summed E-state index contributed by atoms with van der Waals surface area (Å²) in [6, 6.07) is 13.4. The predicted octanol–water partition coefficient (Wildman–Crippen LogP) is 3.70. The third-order valence-electron chi connectivity index (χ3n) is 9.73. The summed E-state index contributed by atoms with van der Waals surface area (Å²) in [6.45, 7) is 4.20. The molecule has 0 unspecified atom stereocenters. The van der Waals surface area contributed by atoms with Crippen LogP contribution < -0.4 is 15.4 Å². The van der Waals surface area contributed by atoms with Gasteiger partial charge >= 0.3 is 5.97 Å². The van der Waals surface area contributed by atoms with E-state index in [0.29, 0.717) is 56.1 Å². The van der Waals surface area contributed by atoms with E-state index >= 15 is 0 Å². The van der Waals surface area contributed by atoms with E-state index in [1.807, 2.05) is 29.2 Å². The molecule has 0 bridgehead atoms. The minimum absolute atomic E-state index is 0.0503. The molecule has 0 radical (unpaired) electrons. The fourth-order valence-electron chi connectivity index (χ4n) is 7.03. The Bertz CT molecular complexity index is 1370.